The number of ether oxygens (including phenoxy) is 1. The second-order valence-electron chi connectivity index (χ2n) is 3.84. The molecule has 1 heterocycles. The summed E-state index contributed by atoms with van der Waals surface area (Å²) in [6.07, 6.45) is 11.5. The number of unbranched alkanes of at least 4 members (excludes halogenated alkanes) is 4. The molecule has 0 saturated carbocycles. The average molecular weight is 170 g/mol. The van der Waals surface area contributed by atoms with Crippen LogP contribution in [0.4, 0.5) is 0 Å². The maximum absolute atomic E-state index is 5.56. The van der Waals surface area contributed by atoms with E-state index >= 15 is 0 Å². The second-order valence-corrected chi connectivity index (χ2v) is 3.84. The molecular formula is C11H22O. The van der Waals surface area contributed by atoms with Gasteiger partial charge in [0.1, 0.15) is 0 Å². The van der Waals surface area contributed by atoms with E-state index in [4.69, 9.17) is 4.74 Å². The van der Waals surface area contributed by atoms with Crippen LogP contribution in [0.2, 0.25) is 0 Å². The van der Waals surface area contributed by atoms with Crippen molar-refractivity contribution in [3.63, 3.8) is 0 Å². The number of hydrogen-bond acceptors (Lipinski definition) is 1. The van der Waals surface area contributed by atoms with Gasteiger partial charge in [-0.25, -0.2) is 0 Å². The predicted molar refractivity (Wildman–Crippen MR) is 52.4 cm³/mol. The quantitative estimate of drug-likeness (QED) is 0.554. The van der Waals surface area contributed by atoms with Gasteiger partial charge in [0.2, 0.25) is 0 Å². The molecule has 1 fully saturated rings. The summed E-state index contributed by atoms with van der Waals surface area (Å²) < 4.78 is 5.56. The molecule has 0 N–H and O–H groups in total. The van der Waals surface area contributed by atoms with Gasteiger partial charge in [-0.15, -0.1) is 0 Å². The van der Waals surface area contributed by atoms with Crippen molar-refractivity contribution in [3.05, 3.63) is 0 Å². The summed E-state index contributed by atoms with van der Waals surface area (Å²) in [6.45, 7) is 3.28. The summed E-state index contributed by atoms with van der Waals surface area (Å²) in [4.78, 5) is 0. The third-order valence-electron chi connectivity index (χ3n) is 2.65. The molecule has 1 atom stereocenters. The molecule has 0 bridgehead atoms. The van der Waals surface area contributed by atoms with E-state index in [0.717, 1.165) is 6.61 Å². The van der Waals surface area contributed by atoms with Gasteiger partial charge in [0, 0.05) is 6.61 Å². The molecule has 1 saturated heterocycles. The first-order valence-corrected chi connectivity index (χ1v) is 5.55. The Kier molecular flexibility index (Phi) is 5.42. The molecule has 0 spiro atoms. The van der Waals surface area contributed by atoms with Crippen LogP contribution in [0.5, 0.6) is 0 Å². The molecule has 0 amide bonds. The van der Waals surface area contributed by atoms with Gasteiger partial charge in [0.25, 0.3) is 0 Å². The molecule has 1 heteroatoms. The van der Waals surface area contributed by atoms with E-state index in [9.17, 15) is 0 Å². The Hall–Kier alpha value is -0.0400. The lowest BCUT2D eigenvalue weighted by Crippen LogP contribution is -2.03. The normalized spacial score (nSPS) is 23.2. The Balaban J connectivity index is 1.81. The van der Waals surface area contributed by atoms with Gasteiger partial charge < -0.3 is 4.74 Å². The maximum Gasteiger partial charge on any atom is 0.0576 e. The SMILES string of the molecule is CCCCCCC[C@@H]1CCCO1. The molecule has 0 aromatic heterocycles. The molecule has 0 aliphatic carbocycles. The van der Waals surface area contributed by atoms with Crippen molar-refractivity contribution < 1.29 is 4.74 Å². The van der Waals surface area contributed by atoms with Gasteiger partial charge >= 0.3 is 0 Å². The molecule has 1 aliphatic rings. The molecule has 12 heavy (non-hydrogen) atoms. The zero-order valence-corrected chi connectivity index (χ0v) is 8.35. The fourth-order valence-electron chi connectivity index (χ4n) is 1.85. The first-order chi connectivity index (χ1) is 5.93. The van der Waals surface area contributed by atoms with Crippen molar-refractivity contribution in [2.75, 3.05) is 6.61 Å². The Morgan fingerprint density at radius 1 is 1.17 bits per heavy atom. The van der Waals surface area contributed by atoms with E-state index < -0.39 is 0 Å². The van der Waals surface area contributed by atoms with E-state index in [2.05, 4.69) is 6.92 Å². The summed E-state index contributed by atoms with van der Waals surface area (Å²) in [5.41, 5.74) is 0. The Morgan fingerprint density at radius 3 is 2.67 bits per heavy atom. The monoisotopic (exact) mass is 170 g/mol. The molecule has 1 nitrogen and oxygen atoms in total. The van der Waals surface area contributed by atoms with Crippen LogP contribution in [0.3, 0.4) is 0 Å². The summed E-state index contributed by atoms with van der Waals surface area (Å²) in [6, 6.07) is 0. The van der Waals surface area contributed by atoms with Gasteiger partial charge in [-0.1, -0.05) is 39.0 Å². The minimum Gasteiger partial charge on any atom is -0.378 e. The van der Waals surface area contributed by atoms with Crippen molar-refractivity contribution >= 4 is 0 Å². The lowest BCUT2D eigenvalue weighted by molar-refractivity contribution is 0.102. The number of hydrogen-bond donors (Lipinski definition) is 0. The van der Waals surface area contributed by atoms with E-state index in [1.54, 1.807) is 0 Å². The van der Waals surface area contributed by atoms with Crippen LogP contribution < -0.4 is 0 Å². The third-order valence-corrected chi connectivity index (χ3v) is 2.65. The topological polar surface area (TPSA) is 9.23 Å². The summed E-state index contributed by atoms with van der Waals surface area (Å²) in [5.74, 6) is 0. The molecule has 0 radical (unpaired) electrons. The van der Waals surface area contributed by atoms with Gasteiger partial charge in [-0.3, -0.25) is 0 Å². The van der Waals surface area contributed by atoms with Crippen molar-refractivity contribution in [2.45, 2.75) is 64.4 Å². The molecule has 1 aliphatic heterocycles. The van der Waals surface area contributed by atoms with Crippen LogP contribution in [-0.4, -0.2) is 12.7 Å². The maximum atomic E-state index is 5.56. The van der Waals surface area contributed by atoms with Crippen molar-refractivity contribution in [2.24, 2.45) is 0 Å². The van der Waals surface area contributed by atoms with Crippen LogP contribution in [0.1, 0.15) is 58.3 Å². The largest absolute Gasteiger partial charge is 0.378 e. The van der Waals surface area contributed by atoms with Crippen LogP contribution >= 0.6 is 0 Å². The lowest BCUT2D eigenvalue weighted by atomic mass is 10.1. The zero-order valence-electron chi connectivity index (χ0n) is 8.35. The first-order valence-electron chi connectivity index (χ1n) is 5.55. The molecule has 0 aromatic rings. The smallest absolute Gasteiger partial charge is 0.0576 e. The van der Waals surface area contributed by atoms with Gasteiger partial charge in [-0.05, 0) is 19.3 Å². The Labute approximate surface area is 76.5 Å². The van der Waals surface area contributed by atoms with Gasteiger partial charge in [0.05, 0.1) is 6.10 Å². The zero-order chi connectivity index (χ0) is 8.65. The van der Waals surface area contributed by atoms with Crippen molar-refractivity contribution in [1.82, 2.24) is 0 Å². The molecule has 0 aromatic carbocycles. The highest BCUT2D eigenvalue weighted by Crippen LogP contribution is 2.18. The van der Waals surface area contributed by atoms with Crippen molar-refractivity contribution in [1.29, 1.82) is 0 Å². The Bertz CT molecular complexity index is 95.2. The van der Waals surface area contributed by atoms with Crippen LogP contribution in [-0.2, 0) is 4.74 Å². The van der Waals surface area contributed by atoms with Crippen LogP contribution in [0.25, 0.3) is 0 Å². The summed E-state index contributed by atoms with van der Waals surface area (Å²) in [7, 11) is 0. The highest BCUT2D eigenvalue weighted by atomic mass is 16.5. The summed E-state index contributed by atoms with van der Waals surface area (Å²) in [5, 5.41) is 0. The number of rotatable bonds is 6. The lowest BCUT2D eigenvalue weighted by Gasteiger charge is -2.07. The van der Waals surface area contributed by atoms with Crippen molar-refractivity contribution in [3.8, 4) is 0 Å². The fraction of sp³-hybridized carbons (Fsp3) is 1.00. The minimum absolute atomic E-state index is 0.617. The van der Waals surface area contributed by atoms with E-state index in [-0.39, 0.29) is 0 Å². The average Bonchev–Trinajstić information content (AvgIpc) is 2.57. The molecular weight excluding hydrogens is 148 g/mol. The molecule has 0 unspecified atom stereocenters. The standard InChI is InChI=1S/C11H22O/c1-2-3-4-5-6-8-11-9-7-10-12-11/h11H,2-10H2,1H3/t11-/m1/s1. The van der Waals surface area contributed by atoms with Crippen LogP contribution in [0, 0.1) is 0 Å². The second kappa shape index (κ2) is 6.47. The van der Waals surface area contributed by atoms with Gasteiger partial charge in [-0.2, -0.15) is 0 Å². The predicted octanol–water partition coefficient (Wildman–Crippen LogP) is 3.53. The first kappa shape index (κ1) is 10.0. The highest BCUT2D eigenvalue weighted by Gasteiger charge is 2.13. The van der Waals surface area contributed by atoms with E-state index in [1.807, 2.05) is 0 Å². The summed E-state index contributed by atoms with van der Waals surface area (Å²) >= 11 is 0. The highest BCUT2D eigenvalue weighted by molar-refractivity contribution is 4.64. The van der Waals surface area contributed by atoms with Crippen LogP contribution in [0.15, 0.2) is 0 Å². The molecule has 72 valence electrons. The minimum atomic E-state index is 0.617. The van der Waals surface area contributed by atoms with Gasteiger partial charge in [0.15, 0.2) is 0 Å². The Morgan fingerprint density at radius 2 is 2.00 bits per heavy atom. The third kappa shape index (κ3) is 4.10. The van der Waals surface area contributed by atoms with E-state index in [1.165, 1.54) is 51.4 Å². The van der Waals surface area contributed by atoms with E-state index in [0.29, 0.717) is 6.10 Å². The fourth-order valence-corrected chi connectivity index (χ4v) is 1.85. The molecule has 1 rings (SSSR count).